The molecule has 1 amide bonds. The zero-order valence-corrected chi connectivity index (χ0v) is 27.9. The van der Waals surface area contributed by atoms with Crippen molar-refractivity contribution in [2.45, 2.75) is 72.0 Å². The molecule has 0 radical (unpaired) electrons. The van der Waals surface area contributed by atoms with Crippen LogP contribution < -0.4 is 20.2 Å². The van der Waals surface area contributed by atoms with Gasteiger partial charge in [0.05, 0.1) is 24.7 Å². The number of aliphatic imine (C=N–C) groups is 1. The molecule has 4 unspecified atom stereocenters. The van der Waals surface area contributed by atoms with Gasteiger partial charge in [-0.15, -0.1) is 0 Å². The number of aromatic nitrogens is 2. The van der Waals surface area contributed by atoms with Crippen molar-refractivity contribution in [1.82, 2.24) is 9.88 Å². The van der Waals surface area contributed by atoms with Crippen molar-refractivity contribution < 1.29 is 22.9 Å². The number of nitrogens with zero attached hydrogens (tertiary/aromatic N) is 4. The fraction of sp³-hybridized carbons (Fsp3) is 0.400. The van der Waals surface area contributed by atoms with Crippen LogP contribution in [0.5, 0.6) is 11.5 Å². The van der Waals surface area contributed by atoms with E-state index in [0.29, 0.717) is 29.6 Å². The van der Waals surface area contributed by atoms with E-state index in [1.54, 1.807) is 6.08 Å². The Kier molecular flexibility index (Phi) is 12.0. The molecule has 1 aliphatic heterocycles. The summed E-state index contributed by atoms with van der Waals surface area (Å²) in [6, 6.07) is 5.42. The van der Waals surface area contributed by atoms with Crippen LogP contribution in [0.3, 0.4) is 0 Å². The Hall–Kier alpha value is -4.36. The minimum absolute atomic E-state index is 0.0424. The molecule has 0 saturated carbocycles. The summed E-state index contributed by atoms with van der Waals surface area (Å²) in [4.78, 5) is 31.5. The van der Waals surface area contributed by atoms with E-state index in [9.17, 15) is 14.9 Å². The number of halogens is 3. The van der Waals surface area contributed by atoms with E-state index in [4.69, 9.17) is 16.3 Å². The van der Waals surface area contributed by atoms with E-state index in [2.05, 4.69) is 49.6 Å². The van der Waals surface area contributed by atoms with Gasteiger partial charge in [-0.05, 0) is 81.3 Å². The van der Waals surface area contributed by atoms with Crippen LogP contribution in [-0.4, -0.2) is 29.3 Å². The third-order valence-corrected chi connectivity index (χ3v) is 8.52. The number of nitrogens with one attached hydrogen (secondary N) is 1. The van der Waals surface area contributed by atoms with Crippen LogP contribution in [-0.2, 0) is 24.3 Å². The topological polar surface area (TPSA) is 100 Å². The maximum Gasteiger partial charge on any atom is 0.381 e. The number of aryl methyl sites for hydroxylation is 1. The predicted octanol–water partition coefficient (Wildman–Crippen LogP) is 6.73. The van der Waals surface area contributed by atoms with Crippen LogP contribution in [0.15, 0.2) is 81.9 Å². The molecule has 244 valence electrons. The first-order valence-electron chi connectivity index (χ1n) is 15.0. The Bertz CT molecular complexity index is 1700. The Balaban J connectivity index is 2.16. The Morgan fingerprint density at radius 3 is 2.59 bits per heavy atom. The molecule has 0 saturated heterocycles. The molecular weight excluding hydrogens is 612 g/mol. The average Bonchev–Trinajstić information content (AvgIpc) is 3.11. The fourth-order valence-electron chi connectivity index (χ4n) is 5.03. The van der Waals surface area contributed by atoms with E-state index in [1.807, 2.05) is 26.8 Å². The molecule has 8 nitrogen and oxygen atoms in total. The summed E-state index contributed by atoms with van der Waals surface area (Å²) in [7, 11) is 1.37. The molecule has 1 aliphatic rings. The molecule has 46 heavy (non-hydrogen) atoms. The van der Waals surface area contributed by atoms with Crippen LogP contribution in [0.1, 0.15) is 58.7 Å². The number of carbonyl (C=O) groups excluding carboxylic acids is 1. The molecule has 0 aliphatic carbocycles. The molecule has 1 N–H and O–H groups in total. The number of carbonyl (C=O) groups is 1. The first-order valence-corrected chi connectivity index (χ1v) is 15.4. The molecule has 1 aromatic heterocycles. The zero-order chi connectivity index (χ0) is 34.3. The maximum atomic E-state index is 15.2. The number of hydrogen-bond donors (Lipinski definition) is 1. The minimum atomic E-state index is -3.64. The van der Waals surface area contributed by atoms with Gasteiger partial charge in [0, 0.05) is 22.6 Å². The SMILES string of the molecule is C=CC(F)(F)c1c(Oc2cc(Cl)cc(C#N)c2)c(=O)n(CC2=C(C)C(C)NC(=O)C(CC(C=CC(C)CC)C(C)N=C)=C2)c[n+]1C. The number of ether oxygens (including phenoxy) is 1. The summed E-state index contributed by atoms with van der Waals surface area (Å²) in [6.07, 6.45) is 9.00. The molecule has 0 fully saturated rings. The lowest BCUT2D eigenvalue weighted by atomic mass is 9.90. The van der Waals surface area contributed by atoms with Crippen molar-refractivity contribution in [2.75, 3.05) is 0 Å². The van der Waals surface area contributed by atoms with Gasteiger partial charge in [0.1, 0.15) is 12.3 Å². The highest BCUT2D eigenvalue weighted by Gasteiger charge is 2.41. The van der Waals surface area contributed by atoms with Gasteiger partial charge in [-0.25, -0.2) is 9.36 Å². The number of nitriles is 1. The summed E-state index contributed by atoms with van der Waals surface area (Å²) < 4.78 is 38.5. The molecule has 0 spiro atoms. The first-order chi connectivity index (χ1) is 21.6. The molecular formula is C35H41ClF2N5O3+. The van der Waals surface area contributed by atoms with Gasteiger partial charge in [-0.3, -0.25) is 9.79 Å². The van der Waals surface area contributed by atoms with Gasteiger partial charge in [0.15, 0.2) is 0 Å². The third kappa shape index (κ3) is 8.46. The Morgan fingerprint density at radius 1 is 1.28 bits per heavy atom. The highest BCUT2D eigenvalue weighted by atomic mass is 35.5. The van der Waals surface area contributed by atoms with Gasteiger partial charge < -0.3 is 10.1 Å². The minimum Gasteiger partial charge on any atom is -0.445 e. The molecule has 1 aromatic carbocycles. The summed E-state index contributed by atoms with van der Waals surface area (Å²) in [6.45, 7) is 16.8. The lowest BCUT2D eigenvalue weighted by Gasteiger charge is -2.19. The molecule has 2 aromatic rings. The Labute approximate surface area is 274 Å². The number of amides is 1. The lowest BCUT2D eigenvalue weighted by molar-refractivity contribution is -0.691. The molecule has 2 heterocycles. The number of allylic oxidation sites excluding steroid dienone is 4. The van der Waals surface area contributed by atoms with Crippen LogP contribution in [0.2, 0.25) is 5.02 Å². The van der Waals surface area contributed by atoms with Gasteiger partial charge in [0.2, 0.25) is 17.9 Å². The second kappa shape index (κ2) is 15.3. The lowest BCUT2D eigenvalue weighted by Crippen LogP contribution is -2.45. The van der Waals surface area contributed by atoms with Gasteiger partial charge in [-0.1, -0.05) is 50.6 Å². The monoisotopic (exact) mass is 652 g/mol. The highest BCUT2D eigenvalue weighted by Crippen LogP contribution is 2.34. The van der Waals surface area contributed by atoms with E-state index < -0.39 is 22.9 Å². The van der Waals surface area contributed by atoms with Crippen molar-refractivity contribution in [3.8, 4) is 17.6 Å². The summed E-state index contributed by atoms with van der Waals surface area (Å²) in [5, 5.41) is 12.5. The molecule has 0 bridgehead atoms. The quantitative estimate of drug-likeness (QED) is 0.147. The van der Waals surface area contributed by atoms with E-state index in [-0.39, 0.29) is 46.8 Å². The van der Waals surface area contributed by atoms with Gasteiger partial charge in [-0.2, -0.15) is 18.6 Å². The number of hydrogen-bond acceptors (Lipinski definition) is 5. The average molecular weight is 653 g/mol. The second-order valence-corrected chi connectivity index (χ2v) is 12.1. The van der Waals surface area contributed by atoms with Crippen molar-refractivity contribution in [1.29, 1.82) is 5.26 Å². The summed E-state index contributed by atoms with van der Waals surface area (Å²) in [5.74, 6) is -4.33. The van der Waals surface area contributed by atoms with Crippen molar-refractivity contribution >= 4 is 24.2 Å². The van der Waals surface area contributed by atoms with Crippen LogP contribution in [0, 0.1) is 23.2 Å². The molecule has 11 heteroatoms. The number of rotatable bonds is 13. The molecule has 4 atom stereocenters. The van der Waals surface area contributed by atoms with E-state index in [0.717, 1.165) is 16.6 Å². The Morgan fingerprint density at radius 2 is 1.98 bits per heavy atom. The summed E-state index contributed by atoms with van der Waals surface area (Å²) >= 11 is 6.12. The normalized spacial score (nSPS) is 17.4. The van der Waals surface area contributed by atoms with Gasteiger partial charge >= 0.3 is 11.5 Å². The zero-order valence-electron chi connectivity index (χ0n) is 27.1. The second-order valence-electron chi connectivity index (χ2n) is 11.7. The standard InChI is InChI=1S/C35H40ClF2N5O3/c1-9-21(3)11-12-26(24(6)40-7)15-27-16-28(22(4)23(5)41-33(27)44)19-43-20-42(8)32(35(37,38)10-2)31(34(43)45)46-30-14-25(18-39)13-29(36)17-30/h10-14,16-17,20-21,23-24,26H,2,7,9,15,19H2,1,3-6,8H3/p+1. The third-order valence-electron chi connectivity index (χ3n) is 8.31. The largest absolute Gasteiger partial charge is 0.445 e. The van der Waals surface area contributed by atoms with Crippen molar-refractivity contribution in [3.63, 3.8) is 0 Å². The first kappa shape index (κ1) is 36.1. The van der Waals surface area contributed by atoms with Crippen LogP contribution >= 0.6 is 11.6 Å². The van der Waals surface area contributed by atoms with E-state index >= 15 is 8.78 Å². The van der Waals surface area contributed by atoms with Crippen molar-refractivity contribution in [2.24, 2.45) is 23.9 Å². The number of benzene rings is 1. The summed E-state index contributed by atoms with van der Waals surface area (Å²) in [5.41, 5.74) is 0.517. The van der Waals surface area contributed by atoms with Crippen molar-refractivity contribution in [3.05, 3.63) is 98.8 Å². The van der Waals surface area contributed by atoms with E-state index in [1.165, 1.54) is 36.1 Å². The maximum absolute atomic E-state index is 15.2. The smallest absolute Gasteiger partial charge is 0.381 e. The number of alkyl halides is 2. The predicted molar refractivity (Wildman–Crippen MR) is 176 cm³/mol. The molecule has 3 rings (SSSR count). The highest BCUT2D eigenvalue weighted by molar-refractivity contribution is 6.30. The van der Waals surface area contributed by atoms with Crippen LogP contribution in [0.25, 0.3) is 0 Å². The van der Waals surface area contributed by atoms with Crippen LogP contribution in [0.4, 0.5) is 8.78 Å². The fourth-order valence-corrected chi connectivity index (χ4v) is 5.26. The van der Waals surface area contributed by atoms with Gasteiger partial charge in [0.25, 0.3) is 5.75 Å².